The van der Waals surface area contributed by atoms with E-state index in [0.717, 1.165) is 41.2 Å². The van der Waals surface area contributed by atoms with Crippen LogP contribution in [-0.2, 0) is 4.74 Å². The lowest BCUT2D eigenvalue weighted by Crippen LogP contribution is -2.49. The van der Waals surface area contributed by atoms with Crippen LogP contribution in [0.3, 0.4) is 0 Å². The predicted molar refractivity (Wildman–Crippen MR) is 94.4 cm³/mol. The summed E-state index contributed by atoms with van der Waals surface area (Å²) in [5.74, 6) is 1.08. The molecule has 1 fully saturated rings. The van der Waals surface area contributed by atoms with Crippen LogP contribution in [0.25, 0.3) is 16.7 Å². The van der Waals surface area contributed by atoms with E-state index >= 15 is 0 Å². The number of hydrogen-bond donors (Lipinski definition) is 0. The maximum absolute atomic E-state index is 9.59. The van der Waals surface area contributed by atoms with E-state index in [1.54, 1.807) is 0 Å². The van der Waals surface area contributed by atoms with Crippen molar-refractivity contribution >= 4 is 22.5 Å². The van der Waals surface area contributed by atoms with E-state index in [4.69, 9.17) is 9.72 Å². The molecular formula is C19H20N4O. The Kier molecular flexibility index (Phi) is 3.26. The summed E-state index contributed by atoms with van der Waals surface area (Å²) >= 11 is 0. The van der Waals surface area contributed by atoms with Crippen molar-refractivity contribution in [1.82, 2.24) is 9.38 Å². The molecule has 122 valence electrons. The zero-order chi connectivity index (χ0) is 16.9. The molecule has 0 aliphatic carbocycles. The molecule has 1 aromatic carbocycles. The molecule has 4 rings (SSSR count). The van der Waals surface area contributed by atoms with Gasteiger partial charge in [0.15, 0.2) is 5.65 Å². The average Bonchev–Trinajstić information content (AvgIpc) is 2.92. The number of para-hydroxylation sites is 2. The van der Waals surface area contributed by atoms with Gasteiger partial charge in [-0.2, -0.15) is 5.26 Å². The highest BCUT2D eigenvalue weighted by molar-refractivity contribution is 5.85. The predicted octanol–water partition coefficient (Wildman–Crippen LogP) is 3.28. The van der Waals surface area contributed by atoms with E-state index in [9.17, 15) is 5.26 Å². The smallest absolute Gasteiger partial charge is 0.157 e. The Hall–Kier alpha value is -2.58. The maximum atomic E-state index is 9.59. The van der Waals surface area contributed by atoms with Gasteiger partial charge >= 0.3 is 0 Å². The number of ether oxygens (including phenoxy) is 1. The van der Waals surface area contributed by atoms with Crippen LogP contribution in [0.15, 0.2) is 30.3 Å². The average molecular weight is 320 g/mol. The molecule has 0 saturated carbocycles. The van der Waals surface area contributed by atoms with Crippen molar-refractivity contribution in [3.05, 3.63) is 41.5 Å². The normalized spacial score (nSPS) is 17.3. The fourth-order valence-electron chi connectivity index (χ4n) is 3.52. The first-order valence-corrected chi connectivity index (χ1v) is 8.20. The van der Waals surface area contributed by atoms with E-state index < -0.39 is 0 Å². The van der Waals surface area contributed by atoms with Gasteiger partial charge in [-0.3, -0.25) is 4.40 Å². The first-order chi connectivity index (χ1) is 11.5. The zero-order valence-electron chi connectivity index (χ0n) is 14.2. The van der Waals surface area contributed by atoms with Crippen molar-refractivity contribution in [3.8, 4) is 6.07 Å². The summed E-state index contributed by atoms with van der Waals surface area (Å²) in [5, 5.41) is 9.59. The summed E-state index contributed by atoms with van der Waals surface area (Å²) in [7, 11) is 0. The number of nitriles is 1. The minimum Gasteiger partial charge on any atom is -0.372 e. The molecule has 1 saturated heterocycles. The van der Waals surface area contributed by atoms with E-state index in [0.29, 0.717) is 12.2 Å². The molecule has 3 aromatic rings. The number of aryl methyl sites for hydroxylation is 1. The second-order valence-corrected chi connectivity index (χ2v) is 6.96. The Morgan fingerprint density at radius 2 is 2.08 bits per heavy atom. The van der Waals surface area contributed by atoms with E-state index in [1.807, 2.05) is 25.1 Å². The molecule has 1 aliphatic rings. The molecule has 0 bridgehead atoms. The van der Waals surface area contributed by atoms with E-state index in [2.05, 4.69) is 41.4 Å². The molecular weight excluding hydrogens is 300 g/mol. The molecule has 1 aliphatic heterocycles. The van der Waals surface area contributed by atoms with Gasteiger partial charge in [0, 0.05) is 13.1 Å². The number of rotatable bonds is 1. The molecule has 0 atom stereocenters. The highest BCUT2D eigenvalue weighted by Crippen LogP contribution is 2.30. The van der Waals surface area contributed by atoms with Crippen LogP contribution in [0, 0.1) is 18.3 Å². The number of hydrogen-bond acceptors (Lipinski definition) is 4. The Balaban J connectivity index is 2.03. The SMILES string of the molecule is Cc1cc(N2CCOC(C)(C)C2)n2c(nc3ccccc32)c1C#N. The summed E-state index contributed by atoms with van der Waals surface area (Å²) in [4.78, 5) is 7.05. The minimum atomic E-state index is -0.192. The molecule has 5 nitrogen and oxygen atoms in total. The van der Waals surface area contributed by atoms with Crippen LogP contribution in [0.2, 0.25) is 0 Å². The summed E-state index contributed by atoms with van der Waals surface area (Å²) in [6.07, 6.45) is 0. The van der Waals surface area contributed by atoms with Crippen molar-refractivity contribution < 1.29 is 4.74 Å². The second kappa shape index (κ2) is 5.22. The van der Waals surface area contributed by atoms with Crippen LogP contribution in [-0.4, -0.2) is 34.7 Å². The number of anilines is 1. The first kappa shape index (κ1) is 15.0. The molecule has 0 amide bonds. The van der Waals surface area contributed by atoms with Gasteiger partial charge in [-0.15, -0.1) is 0 Å². The fourth-order valence-corrected chi connectivity index (χ4v) is 3.52. The van der Waals surface area contributed by atoms with Crippen molar-refractivity contribution in [3.63, 3.8) is 0 Å². The molecule has 3 heterocycles. The Labute approximate surface area is 141 Å². The third kappa shape index (κ3) is 2.22. The van der Waals surface area contributed by atoms with Gasteiger partial charge in [-0.05, 0) is 44.5 Å². The molecule has 0 radical (unpaired) electrons. The third-order valence-electron chi connectivity index (χ3n) is 4.61. The quantitative estimate of drug-likeness (QED) is 0.690. The third-order valence-corrected chi connectivity index (χ3v) is 4.61. The summed E-state index contributed by atoms with van der Waals surface area (Å²) < 4.78 is 7.97. The minimum absolute atomic E-state index is 0.192. The fraction of sp³-hybridized carbons (Fsp3) is 0.368. The highest BCUT2D eigenvalue weighted by atomic mass is 16.5. The van der Waals surface area contributed by atoms with E-state index in [-0.39, 0.29) is 5.60 Å². The monoisotopic (exact) mass is 320 g/mol. The summed E-state index contributed by atoms with van der Waals surface area (Å²) in [5.41, 5.74) is 4.08. The summed E-state index contributed by atoms with van der Waals surface area (Å²) in [6, 6.07) is 12.5. The number of fused-ring (bicyclic) bond motifs is 3. The lowest BCUT2D eigenvalue weighted by atomic mass is 10.1. The standard InChI is InChI=1S/C19H20N4O/c1-13-10-17(22-8-9-24-19(2,3)12-22)23-16-7-5-4-6-15(16)21-18(23)14(13)11-20/h4-7,10H,8-9,12H2,1-3H3. The Bertz CT molecular complexity index is 980. The molecule has 2 aromatic heterocycles. The van der Waals surface area contributed by atoms with Crippen molar-refractivity contribution in [2.24, 2.45) is 0 Å². The number of aromatic nitrogens is 2. The van der Waals surface area contributed by atoms with Gasteiger partial charge in [0.25, 0.3) is 0 Å². The van der Waals surface area contributed by atoms with Crippen molar-refractivity contribution in [2.45, 2.75) is 26.4 Å². The van der Waals surface area contributed by atoms with Gasteiger partial charge in [0.2, 0.25) is 0 Å². The number of benzene rings is 1. The zero-order valence-corrected chi connectivity index (χ0v) is 14.2. The lowest BCUT2D eigenvalue weighted by Gasteiger charge is -2.39. The first-order valence-electron chi connectivity index (χ1n) is 8.20. The molecule has 0 spiro atoms. The Morgan fingerprint density at radius 1 is 1.29 bits per heavy atom. The molecule has 0 unspecified atom stereocenters. The van der Waals surface area contributed by atoms with Gasteiger partial charge in [0.05, 0.1) is 28.8 Å². The van der Waals surface area contributed by atoms with E-state index in [1.165, 1.54) is 0 Å². The summed E-state index contributed by atoms with van der Waals surface area (Å²) in [6.45, 7) is 8.53. The van der Waals surface area contributed by atoms with Crippen LogP contribution < -0.4 is 4.90 Å². The van der Waals surface area contributed by atoms with Crippen LogP contribution in [0.5, 0.6) is 0 Å². The molecule has 24 heavy (non-hydrogen) atoms. The van der Waals surface area contributed by atoms with Crippen molar-refractivity contribution in [1.29, 1.82) is 5.26 Å². The van der Waals surface area contributed by atoms with Gasteiger partial charge < -0.3 is 9.64 Å². The number of imidazole rings is 1. The number of morpholine rings is 1. The van der Waals surface area contributed by atoms with Crippen LogP contribution in [0.1, 0.15) is 25.0 Å². The Morgan fingerprint density at radius 3 is 2.83 bits per heavy atom. The largest absolute Gasteiger partial charge is 0.372 e. The van der Waals surface area contributed by atoms with Gasteiger partial charge in [-0.25, -0.2) is 4.98 Å². The number of nitrogens with zero attached hydrogens (tertiary/aromatic N) is 4. The van der Waals surface area contributed by atoms with Gasteiger partial charge in [-0.1, -0.05) is 12.1 Å². The van der Waals surface area contributed by atoms with Crippen molar-refractivity contribution in [2.75, 3.05) is 24.6 Å². The number of pyridine rings is 1. The van der Waals surface area contributed by atoms with Gasteiger partial charge in [0.1, 0.15) is 11.9 Å². The van der Waals surface area contributed by atoms with Crippen LogP contribution >= 0.6 is 0 Å². The molecule has 5 heteroatoms. The topological polar surface area (TPSA) is 53.6 Å². The lowest BCUT2D eigenvalue weighted by molar-refractivity contribution is -0.0279. The molecule has 0 N–H and O–H groups in total. The highest BCUT2D eigenvalue weighted by Gasteiger charge is 2.29. The maximum Gasteiger partial charge on any atom is 0.157 e. The second-order valence-electron chi connectivity index (χ2n) is 6.96. The van der Waals surface area contributed by atoms with Crippen LogP contribution in [0.4, 0.5) is 5.82 Å².